The third kappa shape index (κ3) is 6.22. The second kappa shape index (κ2) is 14.6. The van der Waals surface area contributed by atoms with Crippen molar-refractivity contribution in [1.82, 2.24) is 40.0 Å². The van der Waals surface area contributed by atoms with E-state index in [4.69, 9.17) is 14.7 Å². The highest BCUT2D eigenvalue weighted by molar-refractivity contribution is 6.07. The summed E-state index contributed by atoms with van der Waals surface area (Å²) in [4.78, 5) is 65.7. The van der Waals surface area contributed by atoms with Crippen LogP contribution in [0.25, 0.3) is 54.7 Å². The molecule has 12 nitrogen and oxygen atoms in total. The number of hydrogen-bond acceptors (Lipinski definition) is 7. The van der Waals surface area contributed by atoms with Crippen LogP contribution in [0.3, 0.4) is 0 Å². The number of hydrogen-bond donors (Lipinski definition) is 3. The van der Waals surface area contributed by atoms with Gasteiger partial charge in [-0.25, -0.2) is 14.8 Å². The molecule has 4 saturated heterocycles. The number of nitrogens with zero attached hydrogens (tertiary/aromatic N) is 5. The molecular weight excluding hydrogens is 813 g/mol. The fourth-order valence-corrected chi connectivity index (χ4v) is 12.8. The maximum Gasteiger partial charge on any atom is 0.407 e. The Morgan fingerprint density at radius 2 is 1.18 bits per heavy atom. The Balaban J connectivity index is 0.782. The van der Waals surface area contributed by atoms with Crippen LogP contribution in [0.2, 0.25) is 0 Å². The predicted molar refractivity (Wildman–Crippen MR) is 250 cm³/mol. The average Bonchev–Trinajstić information content (AvgIpc) is 3.75. The van der Waals surface area contributed by atoms with E-state index in [1.54, 1.807) is 0 Å². The van der Waals surface area contributed by atoms with E-state index in [0.717, 1.165) is 97.6 Å². The Bertz CT molecular complexity index is 3070. The minimum absolute atomic E-state index is 0.0631. The van der Waals surface area contributed by atoms with Gasteiger partial charge in [-0.05, 0) is 121 Å². The standard InChI is InChI=1S/C53H54N8O4/c1-27(2)45(58-53(64)65-3)51(62)60-41-23-33(41)25-43(60)49-54-39-19-11-31-21-29(9-17-37(31)46(39)56-49)30-10-18-38-32(22-30)12-20-40-47(38)57-50(55-40)44-26-34-24-42(34)61(44)52(63)48(28-7-5-4-6-8-28)59-35-13-14-36(59)16-15-35/h4-12,17-22,27,33-36,41-45,48H,13-16,23-26H2,1-3H3,(H,54,56)(H,55,57)(H,58,64)/t33?,34-,35?,36?,41?,42-,43+,44+,45+,48?/m1/s1. The quantitative estimate of drug-likeness (QED) is 0.131. The van der Waals surface area contributed by atoms with E-state index in [1.807, 2.05) is 24.8 Å². The first-order chi connectivity index (χ1) is 31.7. The zero-order valence-corrected chi connectivity index (χ0v) is 37.0. The molecule has 0 radical (unpaired) electrons. The second-order valence-electron chi connectivity index (χ2n) is 20.2. The number of carbonyl (C=O) groups is 3. The van der Waals surface area contributed by atoms with Crippen molar-refractivity contribution in [3.8, 4) is 11.1 Å². The van der Waals surface area contributed by atoms with Crippen LogP contribution in [0.4, 0.5) is 4.79 Å². The number of H-pyrrole nitrogens is 2. The number of aromatic amines is 2. The fourth-order valence-electron chi connectivity index (χ4n) is 12.8. The monoisotopic (exact) mass is 866 g/mol. The number of methoxy groups -OCH3 is 1. The Labute approximate surface area is 377 Å². The summed E-state index contributed by atoms with van der Waals surface area (Å²) in [7, 11) is 1.32. The van der Waals surface area contributed by atoms with Gasteiger partial charge >= 0.3 is 6.09 Å². The molecule has 13 rings (SSSR count). The molecule has 7 aromatic rings. The lowest BCUT2D eigenvalue weighted by Gasteiger charge is -2.37. The molecule has 3 amide bonds. The number of fused-ring (bicyclic) bond motifs is 10. The van der Waals surface area contributed by atoms with Crippen molar-refractivity contribution in [1.29, 1.82) is 0 Å². The molecule has 2 aliphatic carbocycles. The third-order valence-electron chi connectivity index (χ3n) is 16.2. The second-order valence-corrected chi connectivity index (χ2v) is 20.2. The molecule has 3 N–H and O–H groups in total. The summed E-state index contributed by atoms with van der Waals surface area (Å²) in [6.45, 7) is 3.88. The summed E-state index contributed by atoms with van der Waals surface area (Å²) in [6.07, 6.45) is 8.04. The highest BCUT2D eigenvalue weighted by atomic mass is 16.5. The number of carbonyl (C=O) groups excluding carboxylic acids is 3. The van der Waals surface area contributed by atoms with E-state index < -0.39 is 12.1 Å². The van der Waals surface area contributed by atoms with E-state index >= 15 is 4.79 Å². The lowest BCUT2D eigenvalue weighted by atomic mass is 9.98. The number of ether oxygens (including phenoxy) is 1. The van der Waals surface area contributed by atoms with Crippen molar-refractivity contribution in [3.63, 3.8) is 0 Å². The summed E-state index contributed by atoms with van der Waals surface area (Å²) in [5.41, 5.74) is 7.12. The van der Waals surface area contributed by atoms with Crippen LogP contribution in [0.15, 0.2) is 91.0 Å². The lowest BCUT2D eigenvalue weighted by Crippen LogP contribution is -2.52. The number of piperidine rings is 2. The number of nitrogens with one attached hydrogen (secondary N) is 3. The highest BCUT2D eigenvalue weighted by Gasteiger charge is 2.58. The molecule has 5 aromatic carbocycles. The lowest BCUT2D eigenvalue weighted by molar-refractivity contribution is -0.140. The minimum atomic E-state index is -0.677. The van der Waals surface area contributed by atoms with Crippen molar-refractivity contribution < 1.29 is 19.1 Å². The fraction of sp³-hybridized carbons (Fsp3) is 0.415. The predicted octanol–water partition coefficient (Wildman–Crippen LogP) is 9.49. The molecular formula is C53H54N8O4. The Kier molecular flexibility index (Phi) is 8.80. The zero-order valence-electron chi connectivity index (χ0n) is 37.0. The summed E-state index contributed by atoms with van der Waals surface area (Å²) in [5, 5.41) is 7.13. The van der Waals surface area contributed by atoms with Gasteiger partial charge in [0.25, 0.3) is 0 Å². The van der Waals surface area contributed by atoms with Gasteiger partial charge in [-0.3, -0.25) is 14.5 Å². The van der Waals surface area contributed by atoms with Crippen molar-refractivity contribution >= 4 is 61.5 Å². The average molecular weight is 867 g/mol. The number of amides is 3. The van der Waals surface area contributed by atoms with Crippen LogP contribution in [-0.2, 0) is 14.3 Å². The Morgan fingerprint density at radius 3 is 1.69 bits per heavy atom. The molecule has 6 heterocycles. The number of alkyl carbamates (subject to hydrolysis) is 1. The molecule has 2 aromatic heterocycles. The number of rotatable bonds is 9. The van der Waals surface area contributed by atoms with Crippen molar-refractivity contribution in [2.75, 3.05) is 7.11 Å². The summed E-state index contributed by atoms with van der Waals surface area (Å²) >= 11 is 0. The third-order valence-corrected chi connectivity index (χ3v) is 16.2. The van der Waals surface area contributed by atoms with Gasteiger partial charge in [0.2, 0.25) is 11.8 Å². The summed E-state index contributed by atoms with van der Waals surface area (Å²) in [6, 6.07) is 32.5. The van der Waals surface area contributed by atoms with Crippen LogP contribution < -0.4 is 5.32 Å². The molecule has 4 aliphatic heterocycles. The van der Waals surface area contributed by atoms with Crippen LogP contribution in [0.1, 0.15) is 101 Å². The first kappa shape index (κ1) is 39.1. The van der Waals surface area contributed by atoms with Crippen molar-refractivity contribution in [2.24, 2.45) is 17.8 Å². The molecule has 6 aliphatic rings. The zero-order chi connectivity index (χ0) is 43.8. The number of imidazole rings is 2. The maximum atomic E-state index is 15.0. The van der Waals surface area contributed by atoms with Crippen molar-refractivity contribution in [3.05, 3.63) is 108 Å². The van der Waals surface area contributed by atoms with E-state index in [-0.39, 0.29) is 41.9 Å². The first-order valence-corrected chi connectivity index (χ1v) is 23.9. The number of benzene rings is 5. The van der Waals surface area contributed by atoms with Crippen LogP contribution in [0, 0.1) is 17.8 Å². The van der Waals surface area contributed by atoms with E-state index in [1.165, 1.54) is 32.8 Å². The smallest absolute Gasteiger partial charge is 0.407 e. The maximum absolute atomic E-state index is 15.0. The molecule has 12 heteroatoms. The molecule has 2 saturated carbocycles. The Morgan fingerprint density at radius 1 is 0.662 bits per heavy atom. The van der Waals surface area contributed by atoms with Gasteiger partial charge in [-0.1, -0.05) is 80.6 Å². The highest BCUT2D eigenvalue weighted by Crippen LogP contribution is 2.56. The number of likely N-dealkylation sites (tertiary alicyclic amines) is 2. The molecule has 6 fully saturated rings. The van der Waals surface area contributed by atoms with Gasteiger partial charge in [0.05, 0.1) is 41.3 Å². The molecule has 2 bridgehead atoms. The van der Waals surface area contributed by atoms with E-state index in [9.17, 15) is 9.59 Å². The van der Waals surface area contributed by atoms with Crippen LogP contribution >= 0.6 is 0 Å². The molecule has 8 atom stereocenters. The number of aromatic nitrogens is 4. The van der Waals surface area contributed by atoms with Crippen LogP contribution in [-0.4, -0.2) is 89.9 Å². The minimum Gasteiger partial charge on any atom is -0.453 e. The van der Waals surface area contributed by atoms with Gasteiger partial charge in [0.1, 0.15) is 23.7 Å². The molecule has 330 valence electrons. The van der Waals surface area contributed by atoms with Gasteiger partial charge in [-0.15, -0.1) is 0 Å². The summed E-state index contributed by atoms with van der Waals surface area (Å²) < 4.78 is 4.85. The Hall–Kier alpha value is -6.27. The van der Waals surface area contributed by atoms with Crippen LogP contribution in [0.5, 0.6) is 0 Å². The normalized spacial score (nSPS) is 27.5. The molecule has 3 unspecified atom stereocenters. The van der Waals surface area contributed by atoms with Crippen molar-refractivity contribution in [2.45, 2.75) is 114 Å². The van der Waals surface area contributed by atoms with Gasteiger partial charge < -0.3 is 29.8 Å². The molecule has 65 heavy (non-hydrogen) atoms. The molecule has 0 spiro atoms. The van der Waals surface area contributed by atoms with Gasteiger partial charge in [0, 0.05) is 34.9 Å². The SMILES string of the molecule is COC(=O)N[C@H](C(=O)N1C2CC2C[C@H]1c1nc2c(ccc3cc(-c4ccc5c(ccc6[nH]c([C@@H]7C[C@H]8C[C@H]8N7C(=O)C(c7ccccc7)N7C8CCC7CC8)nc65)c4)ccc32)[nH]1)C(C)C. The van der Waals surface area contributed by atoms with E-state index in [2.05, 4.69) is 110 Å². The largest absolute Gasteiger partial charge is 0.453 e. The topological polar surface area (TPSA) is 140 Å². The first-order valence-electron chi connectivity index (χ1n) is 23.9. The van der Waals surface area contributed by atoms with E-state index in [0.29, 0.717) is 30.0 Å². The summed E-state index contributed by atoms with van der Waals surface area (Å²) in [5.74, 6) is 2.74. The van der Waals surface area contributed by atoms with Gasteiger partial charge in [0.15, 0.2) is 0 Å². The van der Waals surface area contributed by atoms with Gasteiger partial charge in [-0.2, -0.15) is 0 Å².